The molecule has 1 amide bonds. The summed E-state index contributed by atoms with van der Waals surface area (Å²) in [6.45, 7) is 5.07. The summed E-state index contributed by atoms with van der Waals surface area (Å²) in [5.74, 6) is 1.27. The van der Waals surface area contributed by atoms with Crippen LogP contribution < -0.4 is 5.32 Å². The molecule has 0 saturated carbocycles. The molecule has 1 atom stereocenters. The van der Waals surface area contributed by atoms with Gasteiger partial charge in [0, 0.05) is 31.3 Å². The molecule has 0 radical (unpaired) electrons. The van der Waals surface area contributed by atoms with Gasteiger partial charge in [-0.3, -0.25) is 4.79 Å². The molecule has 0 aliphatic carbocycles. The van der Waals surface area contributed by atoms with E-state index in [1.54, 1.807) is 11.8 Å². The van der Waals surface area contributed by atoms with E-state index in [4.69, 9.17) is 0 Å². The van der Waals surface area contributed by atoms with Crippen molar-refractivity contribution >= 4 is 17.7 Å². The number of nitrogens with one attached hydrogen (secondary N) is 1. The SMILES string of the molecule is CCCN(CC1CCCCN1)C(=O)CCSC. The number of carbonyl (C=O) groups excluding carboxylic acids is 1. The van der Waals surface area contributed by atoms with E-state index in [2.05, 4.69) is 23.4 Å². The average molecular weight is 258 g/mol. The number of carbonyl (C=O) groups is 1. The molecule has 1 aliphatic rings. The molecular weight excluding hydrogens is 232 g/mol. The normalized spacial score (nSPS) is 20.2. The van der Waals surface area contributed by atoms with E-state index in [9.17, 15) is 4.79 Å². The molecule has 0 aromatic carbocycles. The third-order valence-corrected chi connectivity index (χ3v) is 3.83. The third kappa shape index (κ3) is 5.77. The number of nitrogens with zero attached hydrogens (tertiary/aromatic N) is 1. The van der Waals surface area contributed by atoms with Crippen LogP contribution in [0, 0.1) is 0 Å². The molecule has 0 spiro atoms. The number of hydrogen-bond donors (Lipinski definition) is 1. The molecule has 100 valence electrons. The standard InChI is InChI=1S/C13H26N2OS/c1-3-9-15(13(16)7-10-17-2)11-12-6-4-5-8-14-12/h12,14H,3-11H2,1-2H3. The topological polar surface area (TPSA) is 32.3 Å². The van der Waals surface area contributed by atoms with Gasteiger partial charge in [-0.1, -0.05) is 13.3 Å². The Hall–Kier alpha value is -0.220. The van der Waals surface area contributed by atoms with Crippen molar-refractivity contribution in [3.05, 3.63) is 0 Å². The molecule has 1 aliphatic heterocycles. The molecule has 1 heterocycles. The maximum absolute atomic E-state index is 12.1. The largest absolute Gasteiger partial charge is 0.341 e. The monoisotopic (exact) mass is 258 g/mol. The fourth-order valence-electron chi connectivity index (χ4n) is 2.28. The minimum Gasteiger partial charge on any atom is -0.341 e. The number of hydrogen-bond acceptors (Lipinski definition) is 3. The number of amides is 1. The number of thioether (sulfide) groups is 1. The Kier molecular flexibility index (Phi) is 7.69. The minimum absolute atomic E-state index is 0.327. The van der Waals surface area contributed by atoms with Crippen molar-refractivity contribution < 1.29 is 4.79 Å². The lowest BCUT2D eigenvalue weighted by Gasteiger charge is -2.30. The molecule has 1 N–H and O–H groups in total. The molecule has 4 heteroatoms. The van der Waals surface area contributed by atoms with Crippen LogP contribution in [0.2, 0.25) is 0 Å². The maximum Gasteiger partial charge on any atom is 0.223 e. The van der Waals surface area contributed by atoms with Crippen molar-refractivity contribution in [2.24, 2.45) is 0 Å². The highest BCUT2D eigenvalue weighted by Crippen LogP contribution is 2.10. The van der Waals surface area contributed by atoms with Gasteiger partial charge in [0.25, 0.3) is 0 Å². The van der Waals surface area contributed by atoms with Crippen LogP contribution in [0.3, 0.4) is 0 Å². The van der Waals surface area contributed by atoms with Gasteiger partial charge < -0.3 is 10.2 Å². The second kappa shape index (κ2) is 8.81. The molecule has 1 rings (SSSR count). The molecule has 1 fully saturated rings. The van der Waals surface area contributed by atoms with E-state index in [1.165, 1.54) is 19.3 Å². The highest BCUT2D eigenvalue weighted by atomic mass is 32.2. The zero-order valence-corrected chi connectivity index (χ0v) is 12.0. The Labute approximate surface area is 110 Å². The summed E-state index contributed by atoms with van der Waals surface area (Å²) in [5, 5.41) is 3.52. The van der Waals surface area contributed by atoms with Gasteiger partial charge in [0.2, 0.25) is 5.91 Å². The summed E-state index contributed by atoms with van der Waals surface area (Å²) in [7, 11) is 0. The van der Waals surface area contributed by atoms with E-state index in [-0.39, 0.29) is 0 Å². The molecule has 0 aromatic heterocycles. The molecule has 17 heavy (non-hydrogen) atoms. The van der Waals surface area contributed by atoms with Gasteiger partial charge >= 0.3 is 0 Å². The minimum atomic E-state index is 0.327. The second-order valence-corrected chi connectivity index (χ2v) is 5.71. The van der Waals surface area contributed by atoms with Gasteiger partial charge in [-0.15, -0.1) is 0 Å². The van der Waals surface area contributed by atoms with Gasteiger partial charge in [0.15, 0.2) is 0 Å². The number of rotatable bonds is 7. The van der Waals surface area contributed by atoms with E-state index >= 15 is 0 Å². The summed E-state index contributed by atoms with van der Waals surface area (Å²) < 4.78 is 0. The Morgan fingerprint density at radius 3 is 2.88 bits per heavy atom. The summed E-state index contributed by atoms with van der Waals surface area (Å²) in [5.41, 5.74) is 0. The van der Waals surface area contributed by atoms with Crippen LogP contribution in [0.1, 0.15) is 39.0 Å². The van der Waals surface area contributed by atoms with Gasteiger partial charge in [-0.05, 0) is 32.1 Å². The van der Waals surface area contributed by atoms with Gasteiger partial charge in [0.1, 0.15) is 0 Å². The predicted molar refractivity (Wildman–Crippen MR) is 75.5 cm³/mol. The maximum atomic E-state index is 12.1. The smallest absolute Gasteiger partial charge is 0.223 e. The summed E-state index contributed by atoms with van der Waals surface area (Å²) in [6, 6.07) is 0.522. The Morgan fingerprint density at radius 1 is 1.47 bits per heavy atom. The third-order valence-electron chi connectivity index (χ3n) is 3.22. The summed E-state index contributed by atoms with van der Waals surface area (Å²) in [6.07, 6.45) is 7.60. The molecule has 3 nitrogen and oxygen atoms in total. The first-order valence-electron chi connectivity index (χ1n) is 6.78. The quantitative estimate of drug-likeness (QED) is 0.759. The van der Waals surface area contributed by atoms with Crippen LogP contribution in [0.25, 0.3) is 0 Å². The van der Waals surface area contributed by atoms with Crippen molar-refractivity contribution in [3.63, 3.8) is 0 Å². The molecule has 0 aromatic rings. The van der Waals surface area contributed by atoms with E-state index in [0.717, 1.165) is 31.8 Å². The zero-order chi connectivity index (χ0) is 12.5. The van der Waals surface area contributed by atoms with Crippen molar-refractivity contribution in [3.8, 4) is 0 Å². The van der Waals surface area contributed by atoms with E-state index in [1.807, 2.05) is 0 Å². The van der Waals surface area contributed by atoms with Gasteiger partial charge in [0.05, 0.1) is 0 Å². The first kappa shape index (κ1) is 14.8. The molecule has 1 saturated heterocycles. The fraction of sp³-hybridized carbons (Fsp3) is 0.923. The highest BCUT2D eigenvalue weighted by Gasteiger charge is 2.19. The van der Waals surface area contributed by atoms with Crippen LogP contribution in [-0.2, 0) is 4.79 Å². The van der Waals surface area contributed by atoms with Crippen LogP contribution in [0.5, 0.6) is 0 Å². The van der Waals surface area contributed by atoms with E-state index < -0.39 is 0 Å². The first-order chi connectivity index (χ1) is 8.27. The van der Waals surface area contributed by atoms with E-state index in [0.29, 0.717) is 18.4 Å². The Bertz CT molecular complexity index is 217. The van der Waals surface area contributed by atoms with Crippen molar-refractivity contribution in [1.29, 1.82) is 0 Å². The number of piperidine rings is 1. The average Bonchev–Trinajstić information content (AvgIpc) is 2.36. The van der Waals surface area contributed by atoms with Crippen molar-refractivity contribution in [2.45, 2.75) is 45.1 Å². The van der Waals surface area contributed by atoms with Gasteiger partial charge in [-0.2, -0.15) is 11.8 Å². The van der Waals surface area contributed by atoms with Crippen molar-refractivity contribution in [2.75, 3.05) is 31.6 Å². The zero-order valence-electron chi connectivity index (χ0n) is 11.2. The fourth-order valence-corrected chi connectivity index (χ4v) is 2.66. The summed E-state index contributed by atoms with van der Waals surface area (Å²) in [4.78, 5) is 14.1. The predicted octanol–water partition coefficient (Wildman–Crippen LogP) is 2.12. The lowest BCUT2D eigenvalue weighted by molar-refractivity contribution is -0.131. The molecular formula is C13H26N2OS. The lowest BCUT2D eigenvalue weighted by Crippen LogP contribution is -2.46. The lowest BCUT2D eigenvalue weighted by atomic mass is 10.0. The summed E-state index contributed by atoms with van der Waals surface area (Å²) >= 11 is 1.75. The Morgan fingerprint density at radius 2 is 2.29 bits per heavy atom. The van der Waals surface area contributed by atoms with Crippen LogP contribution >= 0.6 is 11.8 Å². The van der Waals surface area contributed by atoms with Crippen LogP contribution in [0.15, 0.2) is 0 Å². The van der Waals surface area contributed by atoms with Crippen LogP contribution in [-0.4, -0.2) is 48.5 Å². The van der Waals surface area contributed by atoms with Crippen LogP contribution in [0.4, 0.5) is 0 Å². The first-order valence-corrected chi connectivity index (χ1v) is 8.17. The molecule has 0 bridgehead atoms. The van der Waals surface area contributed by atoms with Gasteiger partial charge in [-0.25, -0.2) is 0 Å². The Balaban J connectivity index is 2.37. The highest BCUT2D eigenvalue weighted by molar-refractivity contribution is 7.98. The molecule has 1 unspecified atom stereocenters. The van der Waals surface area contributed by atoms with Crippen molar-refractivity contribution in [1.82, 2.24) is 10.2 Å². The second-order valence-electron chi connectivity index (χ2n) is 4.73.